The fourth-order valence-electron chi connectivity index (χ4n) is 3.61. The molecule has 0 radical (unpaired) electrons. The van der Waals surface area contributed by atoms with Crippen molar-refractivity contribution in [1.29, 1.82) is 0 Å². The van der Waals surface area contributed by atoms with E-state index in [2.05, 4.69) is 11.8 Å². The normalized spacial score (nSPS) is 18.9. The molecular formula is C23H26F3NO4. The molecular weight excluding hydrogens is 411 g/mol. The molecule has 0 saturated carbocycles. The van der Waals surface area contributed by atoms with E-state index in [1.807, 2.05) is 0 Å². The summed E-state index contributed by atoms with van der Waals surface area (Å²) in [5, 5.41) is 9.11. The first-order valence-electron chi connectivity index (χ1n) is 10.3. The van der Waals surface area contributed by atoms with Crippen LogP contribution in [0.3, 0.4) is 0 Å². The maximum atomic E-state index is 12.8. The Morgan fingerprint density at radius 3 is 2.39 bits per heavy atom. The third-order valence-corrected chi connectivity index (χ3v) is 5.26. The van der Waals surface area contributed by atoms with Crippen molar-refractivity contribution in [3.63, 3.8) is 0 Å². The standard InChI is InChI=1S/C23H26F3NO4/c1-2-3-12-30-15-19-13-21(31-20-10-6-17(7-11-20)23(24,25)26)14-27(19)18-8-4-16(5-9-18)22(28)29/h4-11,19,21H,2-3,12-15H2,1H3,(H,28,29)/t19-,21+/m0/s1. The summed E-state index contributed by atoms with van der Waals surface area (Å²) < 4.78 is 50.1. The zero-order valence-electron chi connectivity index (χ0n) is 17.3. The molecule has 1 fully saturated rings. The molecule has 2 aromatic rings. The van der Waals surface area contributed by atoms with Gasteiger partial charge >= 0.3 is 12.1 Å². The Labute approximate surface area is 179 Å². The van der Waals surface area contributed by atoms with Crippen molar-refractivity contribution < 1.29 is 32.5 Å². The number of anilines is 1. The Morgan fingerprint density at radius 2 is 1.81 bits per heavy atom. The molecule has 8 heteroatoms. The number of hydrogen-bond acceptors (Lipinski definition) is 4. The molecule has 2 aromatic carbocycles. The molecule has 0 aliphatic carbocycles. The summed E-state index contributed by atoms with van der Waals surface area (Å²) in [5.41, 5.74) is 0.345. The van der Waals surface area contributed by atoms with Gasteiger partial charge in [-0.2, -0.15) is 13.2 Å². The van der Waals surface area contributed by atoms with Crippen LogP contribution in [0.15, 0.2) is 48.5 Å². The molecule has 168 valence electrons. The number of nitrogens with zero attached hydrogens (tertiary/aromatic N) is 1. The highest BCUT2D eigenvalue weighted by Crippen LogP contribution is 2.32. The van der Waals surface area contributed by atoms with Crippen LogP contribution in [0.4, 0.5) is 18.9 Å². The Morgan fingerprint density at radius 1 is 1.13 bits per heavy atom. The average Bonchev–Trinajstić information content (AvgIpc) is 3.13. The molecule has 0 unspecified atom stereocenters. The van der Waals surface area contributed by atoms with E-state index >= 15 is 0 Å². The van der Waals surface area contributed by atoms with Gasteiger partial charge in [0.1, 0.15) is 11.9 Å². The predicted molar refractivity (Wildman–Crippen MR) is 111 cm³/mol. The molecule has 3 rings (SSSR count). The summed E-state index contributed by atoms with van der Waals surface area (Å²) in [6, 6.07) is 11.3. The van der Waals surface area contributed by atoms with Gasteiger partial charge in [-0.3, -0.25) is 0 Å². The molecule has 0 aromatic heterocycles. The van der Waals surface area contributed by atoms with Gasteiger partial charge in [-0.15, -0.1) is 0 Å². The smallest absolute Gasteiger partial charge is 0.416 e. The first-order valence-corrected chi connectivity index (χ1v) is 10.3. The Hall–Kier alpha value is -2.74. The molecule has 1 aliphatic rings. The first-order chi connectivity index (χ1) is 14.8. The van der Waals surface area contributed by atoms with E-state index in [-0.39, 0.29) is 17.7 Å². The lowest BCUT2D eigenvalue weighted by Gasteiger charge is -2.26. The van der Waals surface area contributed by atoms with Gasteiger partial charge in [-0.05, 0) is 55.0 Å². The fraction of sp³-hybridized carbons (Fsp3) is 0.435. The fourth-order valence-corrected chi connectivity index (χ4v) is 3.61. The van der Waals surface area contributed by atoms with Gasteiger partial charge in [0, 0.05) is 18.7 Å². The van der Waals surface area contributed by atoms with Gasteiger partial charge in [-0.25, -0.2) is 4.79 Å². The second kappa shape index (κ2) is 10.0. The molecule has 31 heavy (non-hydrogen) atoms. The van der Waals surface area contributed by atoms with Crippen molar-refractivity contribution in [3.05, 3.63) is 59.7 Å². The van der Waals surface area contributed by atoms with E-state index in [1.54, 1.807) is 24.3 Å². The van der Waals surface area contributed by atoms with Crippen LogP contribution in [0.2, 0.25) is 0 Å². The number of hydrogen-bond donors (Lipinski definition) is 1. The minimum Gasteiger partial charge on any atom is -0.489 e. The van der Waals surface area contributed by atoms with Crippen LogP contribution in [0, 0.1) is 0 Å². The number of ether oxygens (including phenoxy) is 2. The van der Waals surface area contributed by atoms with E-state index in [4.69, 9.17) is 14.6 Å². The quantitative estimate of drug-likeness (QED) is 0.543. The van der Waals surface area contributed by atoms with Crippen molar-refractivity contribution >= 4 is 11.7 Å². The summed E-state index contributed by atoms with van der Waals surface area (Å²) in [6.07, 6.45) is -1.97. The van der Waals surface area contributed by atoms with Crippen LogP contribution in [0.1, 0.15) is 42.1 Å². The van der Waals surface area contributed by atoms with Gasteiger partial charge in [0.25, 0.3) is 0 Å². The predicted octanol–water partition coefficient (Wildman–Crippen LogP) is 5.25. The molecule has 1 N–H and O–H groups in total. The van der Waals surface area contributed by atoms with Gasteiger partial charge in [0.2, 0.25) is 0 Å². The average molecular weight is 437 g/mol. The minimum atomic E-state index is -4.38. The van der Waals surface area contributed by atoms with Gasteiger partial charge in [0.15, 0.2) is 0 Å². The van der Waals surface area contributed by atoms with E-state index in [0.717, 1.165) is 30.7 Å². The summed E-state index contributed by atoms with van der Waals surface area (Å²) in [6.45, 7) is 3.76. The van der Waals surface area contributed by atoms with Crippen molar-refractivity contribution in [2.24, 2.45) is 0 Å². The van der Waals surface area contributed by atoms with Crippen LogP contribution in [-0.4, -0.2) is 43.0 Å². The number of carboxylic acids is 1. The third-order valence-electron chi connectivity index (χ3n) is 5.26. The van der Waals surface area contributed by atoms with Gasteiger partial charge < -0.3 is 19.5 Å². The van der Waals surface area contributed by atoms with Crippen molar-refractivity contribution in [2.75, 3.05) is 24.7 Å². The van der Waals surface area contributed by atoms with Crippen molar-refractivity contribution in [2.45, 2.75) is 44.5 Å². The SMILES string of the molecule is CCCCOC[C@@H]1C[C@@H](Oc2ccc(C(F)(F)F)cc2)CN1c1ccc(C(=O)O)cc1. The van der Waals surface area contributed by atoms with Crippen LogP contribution in [0.5, 0.6) is 5.75 Å². The maximum Gasteiger partial charge on any atom is 0.416 e. The number of rotatable bonds is 9. The van der Waals surface area contributed by atoms with Gasteiger partial charge in [0.05, 0.1) is 30.3 Å². The zero-order chi connectivity index (χ0) is 22.4. The van der Waals surface area contributed by atoms with E-state index in [9.17, 15) is 18.0 Å². The lowest BCUT2D eigenvalue weighted by atomic mass is 10.1. The molecule has 0 amide bonds. The minimum absolute atomic E-state index is 0.0204. The number of alkyl halides is 3. The number of carboxylic acid groups (broad SMARTS) is 1. The van der Waals surface area contributed by atoms with E-state index in [0.29, 0.717) is 31.9 Å². The third kappa shape index (κ3) is 6.13. The number of carbonyl (C=O) groups is 1. The lowest BCUT2D eigenvalue weighted by Crippen LogP contribution is -2.33. The van der Waals surface area contributed by atoms with E-state index in [1.165, 1.54) is 12.1 Å². The Balaban J connectivity index is 1.70. The largest absolute Gasteiger partial charge is 0.489 e. The summed E-state index contributed by atoms with van der Waals surface area (Å²) in [5.74, 6) is -0.609. The molecule has 1 saturated heterocycles. The topological polar surface area (TPSA) is 59.0 Å². The summed E-state index contributed by atoms with van der Waals surface area (Å²) in [4.78, 5) is 13.2. The Kier molecular flexibility index (Phi) is 7.43. The zero-order valence-corrected chi connectivity index (χ0v) is 17.3. The number of halogens is 3. The highest BCUT2D eigenvalue weighted by molar-refractivity contribution is 5.88. The molecule has 1 heterocycles. The molecule has 0 bridgehead atoms. The second-order valence-corrected chi connectivity index (χ2v) is 7.58. The van der Waals surface area contributed by atoms with Gasteiger partial charge in [-0.1, -0.05) is 13.3 Å². The number of benzene rings is 2. The summed E-state index contributed by atoms with van der Waals surface area (Å²) >= 11 is 0. The second-order valence-electron chi connectivity index (χ2n) is 7.58. The number of aromatic carboxylic acids is 1. The summed E-state index contributed by atoms with van der Waals surface area (Å²) in [7, 11) is 0. The van der Waals surface area contributed by atoms with Crippen LogP contribution < -0.4 is 9.64 Å². The van der Waals surface area contributed by atoms with Crippen LogP contribution in [-0.2, 0) is 10.9 Å². The Bertz CT molecular complexity index is 853. The molecule has 5 nitrogen and oxygen atoms in total. The lowest BCUT2D eigenvalue weighted by molar-refractivity contribution is -0.137. The highest BCUT2D eigenvalue weighted by Gasteiger charge is 2.34. The van der Waals surface area contributed by atoms with Crippen molar-refractivity contribution in [3.8, 4) is 5.75 Å². The molecule has 2 atom stereocenters. The van der Waals surface area contributed by atoms with E-state index < -0.39 is 17.7 Å². The van der Waals surface area contributed by atoms with Crippen LogP contribution in [0.25, 0.3) is 0 Å². The molecule has 0 spiro atoms. The highest BCUT2D eigenvalue weighted by atomic mass is 19.4. The first kappa shape index (κ1) is 22.9. The monoisotopic (exact) mass is 437 g/mol. The maximum absolute atomic E-state index is 12.8. The van der Waals surface area contributed by atoms with Crippen molar-refractivity contribution in [1.82, 2.24) is 0 Å². The van der Waals surface area contributed by atoms with Crippen LogP contribution >= 0.6 is 0 Å². The molecule has 1 aliphatic heterocycles. The number of unbranched alkanes of at least 4 members (excludes halogenated alkanes) is 1.